The Bertz CT molecular complexity index is 1550. The maximum atomic E-state index is 13.3. The molecule has 170 valence electrons. The van der Waals surface area contributed by atoms with Crippen LogP contribution in [0.4, 0.5) is 0 Å². The van der Waals surface area contributed by atoms with Crippen LogP contribution in [0.3, 0.4) is 0 Å². The lowest BCUT2D eigenvalue weighted by Gasteiger charge is -2.33. The molecule has 3 heterocycles. The number of fused-ring (bicyclic) bond motifs is 2. The Hall–Kier alpha value is -4.17. The molecule has 5 aromatic rings. The Kier molecular flexibility index (Phi) is 5.00. The Morgan fingerprint density at radius 3 is 2.65 bits per heavy atom. The fraction of sp³-hybridized carbons (Fsp3) is 0.192. The molecule has 0 radical (unpaired) electrons. The van der Waals surface area contributed by atoms with Crippen molar-refractivity contribution in [1.82, 2.24) is 30.8 Å². The average Bonchev–Trinajstić information content (AvgIpc) is 3.46. The zero-order chi connectivity index (χ0) is 23.1. The number of nitrogens with zero attached hydrogens (tertiary/aromatic N) is 1. The lowest BCUT2D eigenvalue weighted by molar-refractivity contribution is 0.0924. The van der Waals surface area contributed by atoms with Crippen molar-refractivity contribution in [2.45, 2.75) is 18.4 Å². The van der Waals surface area contributed by atoms with Gasteiger partial charge >= 0.3 is 5.69 Å². The summed E-state index contributed by atoms with van der Waals surface area (Å²) in [5.41, 5.74) is 5.47. The van der Waals surface area contributed by atoms with Gasteiger partial charge in [-0.1, -0.05) is 36.4 Å². The van der Waals surface area contributed by atoms with Gasteiger partial charge < -0.3 is 20.6 Å². The summed E-state index contributed by atoms with van der Waals surface area (Å²) < 4.78 is 0. The Balaban J connectivity index is 1.30. The summed E-state index contributed by atoms with van der Waals surface area (Å²) in [6.07, 6.45) is 0.976. The van der Waals surface area contributed by atoms with Crippen LogP contribution < -0.4 is 16.3 Å². The number of benzene rings is 3. The van der Waals surface area contributed by atoms with Crippen LogP contribution in [0, 0.1) is 0 Å². The highest BCUT2D eigenvalue weighted by molar-refractivity contribution is 6.02. The molecule has 0 saturated carbocycles. The van der Waals surface area contributed by atoms with Gasteiger partial charge in [0, 0.05) is 35.0 Å². The molecule has 1 saturated heterocycles. The Labute approximate surface area is 194 Å². The van der Waals surface area contributed by atoms with Crippen molar-refractivity contribution in [3.05, 3.63) is 88.3 Å². The number of aromatic amines is 3. The predicted molar refractivity (Wildman–Crippen MR) is 132 cm³/mol. The Morgan fingerprint density at radius 2 is 1.76 bits per heavy atom. The molecule has 6 rings (SSSR count). The number of amides is 1. The Morgan fingerprint density at radius 1 is 0.941 bits per heavy atom. The topological polar surface area (TPSA) is 118 Å². The van der Waals surface area contributed by atoms with Gasteiger partial charge in [-0.3, -0.25) is 9.89 Å². The van der Waals surface area contributed by atoms with E-state index in [1.54, 1.807) is 0 Å². The number of aromatic nitrogens is 4. The monoisotopic (exact) mass is 452 g/mol. The van der Waals surface area contributed by atoms with Crippen molar-refractivity contribution < 1.29 is 4.79 Å². The van der Waals surface area contributed by atoms with E-state index in [-0.39, 0.29) is 23.6 Å². The van der Waals surface area contributed by atoms with Gasteiger partial charge in [-0.25, -0.2) is 4.79 Å². The number of nitrogens with one attached hydrogen (secondary N) is 5. The predicted octanol–water partition coefficient (Wildman–Crippen LogP) is 3.28. The standard InChI is InChI=1S/C26H24N6O2/c33-25(28-23-14-27-11-10-18(23)15-4-2-1-3-5-15)17-7-8-20-19(12-17)24(32-31-20)16-6-9-21-22(13-16)30-26(34)29-21/h1-9,12-13,18,23,27H,10-11,14H2,(H,28,33)(H,31,32)(H2,29,30,34). The minimum atomic E-state index is -0.246. The molecule has 2 atom stereocenters. The molecule has 1 aliphatic heterocycles. The molecule has 1 fully saturated rings. The molecule has 8 heteroatoms. The molecule has 2 aromatic heterocycles. The third-order valence-electron chi connectivity index (χ3n) is 6.64. The highest BCUT2D eigenvalue weighted by Crippen LogP contribution is 2.29. The van der Waals surface area contributed by atoms with Crippen molar-refractivity contribution in [3.63, 3.8) is 0 Å². The summed E-state index contributed by atoms with van der Waals surface area (Å²) in [5.74, 6) is 0.170. The second kappa shape index (κ2) is 8.31. The maximum Gasteiger partial charge on any atom is 0.323 e. The summed E-state index contributed by atoms with van der Waals surface area (Å²) in [5, 5.41) is 15.0. The summed E-state index contributed by atoms with van der Waals surface area (Å²) in [4.78, 5) is 30.4. The number of hydrogen-bond donors (Lipinski definition) is 5. The summed E-state index contributed by atoms with van der Waals surface area (Å²) in [6, 6.07) is 21.6. The van der Waals surface area contributed by atoms with Gasteiger partial charge in [0.05, 0.1) is 22.2 Å². The van der Waals surface area contributed by atoms with Crippen LogP contribution >= 0.6 is 0 Å². The van der Waals surface area contributed by atoms with Crippen molar-refractivity contribution >= 4 is 27.8 Å². The zero-order valence-corrected chi connectivity index (χ0v) is 18.4. The molecule has 5 N–H and O–H groups in total. The lowest BCUT2D eigenvalue weighted by atomic mass is 9.86. The molecule has 0 spiro atoms. The first-order valence-corrected chi connectivity index (χ1v) is 11.4. The van der Waals surface area contributed by atoms with E-state index in [2.05, 4.69) is 42.9 Å². The van der Waals surface area contributed by atoms with Crippen molar-refractivity contribution in [3.8, 4) is 11.3 Å². The number of carbonyl (C=O) groups is 1. The number of imidazole rings is 1. The van der Waals surface area contributed by atoms with Crippen LogP contribution in [0.2, 0.25) is 0 Å². The van der Waals surface area contributed by atoms with Gasteiger partial charge in [0.15, 0.2) is 0 Å². The highest BCUT2D eigenvalue weighted by atomic mass is 16.2. The van der Waals surface area contributed by atoms with Gasteiger partial charge in [0.2, 0.25) is 0 Å². The second-order valence-electron chi connectivity index (χ2n) is 8.76. The molecular weight excluding hydrogens is 428 g/mol. The number of rotatable bonds is 4. The summed E-state index contributed by atoms with van der Waals surface area (Å²) >= 11 is 0. The van der Waals surface area contributed by atoms with Crippen LogP contribution in [0.1, 0.15) is 28.3 Å². The first-order valence-electron chi connectivity index (χ1n) is 11.4. The van der Waals surface area contributed by atoms with E-state index in [0.29, 0.717) is 11.1 Å². The molecule has 0 bridgehead atoms. The van der Waals surface area contributed by atoms with Gasteiger partial charge in [0.1, 0.15) is 0 Å². The van der Waals surface area contributed by atoms with Crippen LogP contribution in [0.15, 0.2) is 71.5 Å². The van der Waals surface area contributed by atoms with E-state index >= 15 is 0 Å². The molecule has 8 nitrogen and oxygen atoms in total. The summed E-state index contributed by atoms with van der Waals surface area (Å²) in [6.45, 7) is 1.67. The first kappa shape index (κ1) is 20.4. The van der Waals surface area contributed by atoms with E-state index in [4.69, 9.17) is 0 Å². The van der Waals surface area contributed by atoms with Crippen molar-refractivity contribution in [2.75, 3.05) is 13.1 Å². The fourth-order valence-corrected chi connectivity index (χ4v) is 4.92. The second-order valence-corrected chi connectivity index (χ2v) is 8.76. The van der Waals surface area contributed by atoms with Gasteiger partial charge in [0.25, 0.3) is 5.91 Å². The molecule has 34 heavy (non-hydrogen) atoms. The van der Waals surface area contributed by atoms with E-state index in [1.807, 2.05) is 54.6 Å². The minimum absolute atomic E-state index is 0.0102. The fourth-order valence-electron chi connectivity index (χ4n) is 4.92. The number of hydrogen-bond acceptors (Lipinski definition) is 4. The van der Waals surface area contributed by atoms with E-state index < -0.39 is 0 Å². The smallest absolute Gasteiger partial charge is 0.323 e. The third kappa shape index (κ3) is 3.68. The minimum Gasteiger partial charge on any atom is -0.347 e. The van der Waals surface area contributed by atoms with Gasteiger partial charge in [-0.05, 0) is 48.9 Å². The van der Waals surface area contributed by atoms with Gasteiger partial charge in [-0.15, -0.1) is 0 Å². The molecular formula is C26H24N6O2. The maximum absolute atomic E-state index is 13.3. The van der Waals surface area contributed by atoms with Crippen LogP contribution in [0.25, 0.3) is 33.2 Å². The van der Waals surface area contributed by atoms with Crippen LogP contribution in [-0.4, -0.2) is 45.2 Å². The van der Waals surface area contributed by atoms with Gasteiger partial charge in [-0.2, -0.15) is 5.10 Å². The first-order chi connectivity index (χ1) is 16.7. The molecule has 3 aromatic carbocycles. The largest absolute Gasteiger partial charge is 0.347 e. The number of carbonyl (C=O) groups excluding carboxylic acids is 1. The molecule has 1 aliphatic rings. The van der Waals surface area contributed by atoms with Crippen LogP contribution in [-0.2, 0) is 0 Å². The number of piperidine rings is 1. The molecule has 1 amide bonds. The van der Waals surface area contributed by atoms with Crippen LogP contribution in [0.5, 0.6) is 0 Å². The normalized spacial score (nSPS) is 18.4. The molecule has 0 aliphatic carbocycles. The van der Waals surface area contributed by atoms with E-state index in [0.717, 1.165) is 47.2 Å². The van der Waals surface area contributed by atoms with E-state index in [1.165, 1.54) is 5.56 Å². The SMILES string of the molecule is O=C(NC1CNCCC1c1ccccc1)c1ccc2[nH]nc(-c3ccc4[nH]c(=O)[nH]c4c3)c2c1. The van der Waals surface area contributed by atoms with Crippen molar-refractivity contribution in [1.29, 1.82) is 0 Å². The summed E-state index contributed by atoms with van der Waals surface area (Å²) in [7, 11) is 0. The highest BCUT2D eigenvalue weighted by Gasteiger charge is 2.28. The number of H-pyrrole nitrogens is 3. The van der Waals surface area contributed by atoms with Crippen molar-refractivity contribution in [2.24, 2.45) is 0 Å². The molecule has 2 unspecified atom stereocenters. The zero-order valence-electron chi connectivity index (χ0n) is 18.4. The lowest BCUT2D eigenvalue weighted by Crippen LogP contribution is -2.50. The van der Waals surface area contributed by atoms with E-state index in [9.17, 15) is 9.59 Å². The quantitative estimate of drug-likeness (QED) is 0.288. The third-order valence-corrected chi connectivity index (χ3v) is 6.64. The average molecular weight is 453 g/mol.